The summed E-state index contributed by atoms with van der Waals surface area (Å²) in [4.78, 5) is 14.1. The summed E-state index contributed by atoms with van der Waals surface area (Å²) >= 11 is 5.83. The van der Waals surface area contributed by atoms with Crippen LogP contribution in [0.4, 0.5) is 4.39 Å². The second-order valence-corrected chi connectivity index (χ2v) is 6.10. The molecule has 26 heavy (non-hydrogen) atoms. The molecule has 0 radical (unpaired) electrons. The van der Waals surface area contributed by atoms with Crippen LogP contribution in [0.5, 0.6) is 5.75 Å². The lowest BCUT2D eigenvalue weighted by atomic mass is 10.2. The zero-order chi connectivity index (χ0) is 18.4. The van der Waals surface area contributed by atoms with E-state index >= 15 is 0 Å². The topological polar surface area (TPSA) is 42.7 Å². The van der Waals surface area contributed by atoms with E-state index in [1.165, 1.54) is 17.2 Å². The van der Waals surface area contributed by atoms with Gasteiger partial charge >= 0.3 is 0 Å². The Hall–Kier alpha value is -2.79. The van der Waals surface area contributed by atoms with Crippen LogP contribution in [0, 0.1) is 5.82 Å². The Balaban J connectivity index is 1.70. The molecule has 1 heterocycles. The Morgan fingerprint density at radius 2 is 1.81 bits per heavy atom. The third-order valence-corrected chi connectivity index (χ3v) is 4.03. The van der Waals surface area contributed by atoms with Crippen molar-refractivity contribution in [1.29, 1.82) is 0 Å². The van der Waals surface area contributed by atoms with Crippen LogP contribution in [0.2, 0.25) is 5.02 Å². The van der Waals surface area contributed by atoms with Crippen molar-refractivity contribution in [3.8, 4) is 5.75 Å². The highest BCUT2D eigenvalue weighted by molar-refractivity contribution is 6.30. The number of hydrogen-bond acceptors (Lipinski definition) is 3. The minimum Gasteiger partial charge on any atom is -0.484 e. The van der Waals surface area contributed by atoms with Gasteiger partial charge in [0.05, 0.1) is 12.8 Å². The summed E-state index contributed by atoms with van der Waals surface area (Å²) in [7, 11) is 0. The van der Waals surface area contributed by atoms with E-state index in [9.17, 15) is 9.18 Å². The highest BCUT2D eigenvalue weighted by atomic mass is 35.5. The van der Waals surface area contributed by atoms with Crippen LogP contribution < -0.4 is 4.74 Å². The molecule has 0 spiro atoms. The molecule has 0 N–H and O–H groups in total. The molecule has 0 atom stereocenters. The smallest absolute Gasteiger partial charge is 0.261 e. The van der Waals surface area contributed by atoms with Gasteiger partial charge in [-0.3, -0.25) is 4.79 Å². The van der Waals surface area contributed by atoms with Crippen molar-refractivity contribution in [3.05, 3.63) is 89.1 Å². The first kappa shape index (κ1) is 18.0. The third-order valence-electron chi connectivity index (χ3n) is 3.77. The van der Waals surface area contributed by atoms with Crippen molar-refractivity contribution in [2.45, 2.75) is 13.1 Å². The van der Waals surface area contributed by atoms with Crippen LogP contribution >= 0.6 is 11.6 Å². The number of nitrogens with zero attached hydrogens (tertiary/aromatic N) is 1. The van der Waals surface area contributed by atoms with Crippen molar-refractivity contribution in [1.82, 2.24) is 4.90 Å². The first-order valence-corrected chi connectivity index (χ1v) is 8.41. The van der Waals surface area contributed by atoms with Gasteiger partial charge in [-0.15, -0.1) is 0 Å². The molecule has 0 aliphatic heterocycles. The molecule has 0 saturated heterocycles. The Kier molecular flexibility index (Phi) is 5.92. The van der Waals surface area contributed by atoms with Gasteiger partial charge in [0.25, 0.3) is 5.91 Å². The van der Waals surface area contributed by atoms with Gasteiger partial charge < -0.3 is 14.1 Å². The average molecular weight is 374 g/mol. The van der Waals surface area contributed by atoms with Gasteiger partial charge in [-0.25, -0.2) is 4.39 Å². The normalized spacial score (nSPS) is 10.5. The molecule has 0 unspecified atom stereocenters. The number of rotatable bonds is 7. The Bertz CT molecular complexity index is 850. The van der Waals surface area contributed by atoms with E-state index in [2.05, 4.69) is 0 Å². The van der Waals surface area contributed by atoms with Crippen LogP contribution in [-0.2, 0) is 17.9 Å². The van der Waals surface area contributed by atoms with Gasteiger partial charge in [0.15, 0.2) is 6.61 Å². The predicted molar refractivity (Wildman–Crippen MR) is 96.3 cm³/mol. The molecule has 134 valence electrons. The van der Waals surface area contributed by atoms with Crippen molar-refractivity contribution in [2.75, 3.05) is 6.61 Å². The molecule has 2 aromatic carbocycles. The fourth-order valence-corrected chi connectivity index (χ4v) is 2.55. The largest absolute Gasteiger partial charge is 0.484 e. The van der Waals surface area contributed by atoms with Gasteiger partial charge in [-0.1, -0.05) is 29.8 Å². The van der Waals surface area contributed by atoms with E-state index in [4.69, 9.17) is 20.8 Å². The van der Waals surface area contributed by atoms with Crippen molar-refractivity contribution in [2.24, 2.45) is 0 Å². The summed E-state index contributed by atoms with van der Waals surface area (Å²) in [6.45, 7) is 0.178. The first-order valence-electron chi connectivity index (χ1n) is 8.04. The molecular formula is C20H17ClFNO3. The monoisotopic (exact) mass is 373 g/mol. The number of ether oxygens (including phenoxy) is 1. The Labute approximate surface area is 155 Å². The summed E-state index contributed by atoms with van der Waals surface area (Å²) in [5, 5.41) is 0.586. The summed E-state index contributed by atoms with van der Waals surface area (Å²) in [6.07, 6.45) is 1.53. The fourth-order valence-electron chi connectivity index (χ4n) is 2.42. The standard InChI is InChI=1S/C20H17ClFNO3/c21-16-7-9-17(10-8-16)26-14-20(24)23(13-18-5-3-11-25-18)12-15-4-1-2-6-19(15)22/h1-11H,12-14H2. The predicted octanol–water partition coefficient (Wildman–Crippen LogP) is 4.68. The summed E-state index contributed by atoms with van der Waals surface area (Å²) in [5.74, 6) is 0.510. The zero-order valence-corrected chi connectivity index (χ0v) is 14.7. The molecule has 4 nitrogen and oxygen atoms in total. The molecule has 0 aliphatic carbocycles. The number of hydrogen-bond donors (Lipinski definition) is 0. The molecule has 6 heteroatoms. The molecule has 3 aromatic rings. The number of carbonyl (C=O) groups is 1. The van der Waals surface area contributed by atoms with E-state index in [1.54, 1.807) is 54.6 Å². The van der Waals surface area contributed by atoms with E-state index in [1.807, 2.05) is 0 Å². The van der Waals surface area contributed by atoms with Crippen LogP contribution in [0.25, 0.3) is 0 Å². The van der Waals surface area contributed by atoms with Crippen molar-refractivity contribution >= 4 is 17.5 Å². The number of amides is 1. The van der Waals surface area contributed by atoms with E-state index in [0.29, 0.717) is 22.1 Å². The maximum Gasteiger partial charge on any atom is 0.261 e. The zero-order valence-electron chi connectivity index (χ0n) is 13.9. The molecule has 1 amide bonds. The molecule has 0 fully saturated rings. The summed E-state index contributed by atoms with van der Waals surface area (Å²) < 4.78 is 24.8. The number of carbonyl (C=O) groups excluding carboxylic acids is 1. The lowest BCUT2D eigenvalue weighted by Crippen LogP contribution is -2.34. The van der Waals surface area contributed by atoms with E-state index in [-0.39, 0.29) is 31.4 Å². The minimum atomic E-state index is -0.358. The van der Waals surface area contributed by atoms with Crippen LogP contribution in [0.1, 0.15) is 11.3 Å². The molecule has 0 saturated carbocycles. The number of benzene rings is 2. The second kappa shape index (κ2) is 8.54. The maximum absolute atomic E-state index is 14.0. The first-order chi connectivity index (χ1) is 12.6. The second-order valence-electron chi connectivity index (χ2n) is 5.66. The lowest BCUT2D eigenvalue weighted by Gasteiger charge is -2.22. The molecule has 1 aromatic heterocycles. The van der Waals surface area contributed by atoms with Crippen molar-refractivity contribution in [3.63, 3.8) is 0 Å². The van der Waals surface area contributed by atoms with Gasteiger partial charge in [0, 0.05) is 17.1 Å². The summed E-state index contributed by atoms with van der Waals surface area (Å²) in [5.41, 5.74) is 0.430. The minimum absolute atomic E-state index is 0.121. The quantitative estimate of drug-likeness (QED) is 0.604. The van der Waals surface area contributed by atoms with Crippen LogP contribution in [-0.4, -0.2) is 17.4 Å². The van der Waals surface area contributed by atoms with Gasteiger partial charge in [0.1, 0.15) is 17.3 Å². The number of halogens is 2. The molecule has 3 rings (SSSR count). The lowest BCUT2D eigenvalue weighted by molar-refractivity contribution is -0.134. The third kappa shape index (κ3) is 4.86. The van der Waals surface area contributed by atoms with Crippen molar-refractivity contribution < 1.29 is 18.3 Å². The van der Waals surface area contributed by atoms with Crippen LogP contribution in [0.15, 0.2) is 71.3 Å². The van der Waals surface area contributed by atoms with E-state index < -0.39 is 0 Å². The van der Waals surface area contributed by atoms with Gasteiger partial charge in [0.2, 0.25) is 0 Å². The summed E-state index contributed by atoms with van der Waals surface area (Å²) in [6, 6.07) is 16.6. The molecular weight excluding hydrogens is 357 g/mol. The van der Waals surface area contributed by atoms with Crippen LogP contribution in [0.3, 0.4) is 0 Å². The number of furan rings is 1. The SMILES string of the molecule is O=C(COc1ccc(Cl)cc1)N(Cc1ccco1)Cc1ccccc1F. The highest BCUT2D eigenvalue weighted by Crippen LogP contribution is 2.17. The van der Waals surface area contributed by atoms with E-state index in [0.717, 1.165) is 0 Å². The Morgan fingerprint density at radius 3 is 2.50 bits per heavy atom. The molecule has 0 aliphatic rings. The van der Waals surface area contributed by atoms with Gasteiger partial charge in [-0.05, 0) is 42.5 Å². The Morgan fingerprint density at radius 1 is 1.04 bits per heavy atom. The molecule has 0 bridgehead atoms. The highest BCUT2D eigenvalue weighted by Gasteiger charge is 2.18. The van der Waals surface area contributed by atoms with Gasteiger partial charge in [-0.2, -0.15) is 0 Å². The average Bonchev–Trinajstić information content (AvgIpc) is 3.15. The maximum atomic E-state index is 14.0. The fraction of sp³-hybridized carbons (Fsp3) is 0.150.